The molecule has 1 aromatic heterocycles. The van der Waals surface area contributed by atoms with Crippen molar-refractivity contribution in [2.75, 3.05) is 0 Å². The number of H-pyrrole nitrogens is 1. The third kappa shape index (κ3) is 2.13. The number of aromatic nitrogens is 2. The summed E-state index contributed by atoms with van der Waals surface area (Å²) in [5.74, 6) is 1.31. The summed E-state index contributed by atoms with van der Waals surface area (Å²) >= 11 is 0. The van der Waals surface area contributed by atoms with E-state index in [9.17, 15) is 0 Å². The van der Waals surface area contributed by atoms with Crippen LogP contribution in [-0.2, 0) is 12.8 Å². The number of aromatic amines is 1. The van der Waals surface area contributed by atoms with Crippen molar-refractivity contribution in [2.24, 2.45) is 0 Å². The monoisotopic (exact) mass is 188 g/mol. The lowest BCUT2D eigenvalue weighted by molar-refractivity contribution is 0.475. The fourth-order valence-corrected chi connectivity index (χ4v) is 1.36. The van der Waals surface area contributed by atoms with E-state index in [0.29, 0.717) is 5.75 Å². The van der Waals surface area contributed by atoms with Gasteiger partial charge < -0.3 is 10.1 Å². The van der Waals surface area contributed by atoms with Gasteiger partial charge in [0.05, 0.1) is 0 Å². The Morgan fingerprint density at radius 3 is 2.57 bits per heavy atom. The number of phenols is 1. The van der Waals surface area contributed by atoms with Crippen LogP contribution in [0.2, 0.25) is 0 Å². The zero-order valence-corrected chi connectivity index (χ0v) is 7.77. The molecule has 0 amide bonds. The predicted molar refractivity (Wildman–Crippen MR) is 54.1 cm³/mol. The van der Waals surface area contributed by atoms with Crippen LogP contribution >= 0.6 is 0 Å². The van der Waals surface area contributed by atoms with Crippen LogP contribution < -0.4 is 0 Å². The van der Waals surface area contributed by atoms with E-state index in [-0.39, 0.29) is 0 Å². The molecule has 0 atom stereocenters. The molecule has 0 fully saturated rings. The number of benzene rings is 1. The summed E-state index contributed by atoms with van der Waals surface area (Å²) in [7, 11) is 0. The Balaban J connectivity index is 1.95. The van der Waals surface area contributed by atoms with Gasteiger partial charge in [-0.05, 0) is 24.1 Å². The van der Waals surface area contributed by atoms with Gasteiger partial charge in [0.25, 0.3) is 0 Å². The number of aryl methyl sites for hydroxylation is 2. The fraction of sp³-hybridized carbons (Fsp3) is 0.182. The first kappa shape index (κ1) is 8.81. The summed E-state index contributed by atoms with van der Waals surface area (Å²) in [6.07, 6.45) is 5.42. The number of aromatic hydroxyl groups is 1. The van der Waals surface area contributed by atoms with Gasteiger partial charge in [0, 0.05) is 18.8 Å². The summed E-state index contributed by atoms with van der Waals surface area (Å²) < 4.78 is 0. The molecule has 0 aliphatic heterocycles. The van der Waals surface area contributed by atoms with Gasteiger partial charge in [-0.2, -0.15) is 0 Å². The van der Waals surface area contributed by atoms with Gasteiger partial charge in [-0.3, -0.25) is 0 Å². The molecule has 0 radical (unpaired) electrons. The molecule has 1 aromatic carbocycles. The Morgan fingerprint density at radius 1 is 1.14 bits per heavy atom. The molecule has 3 heteroatoms. The van der Waals surface area contributed by atoms with Crippen LogP contribution in [0.5, 0.6) is 5.75 Å². The number of hydrogen-bond donors (Lipinski definition) is 2. The van der Waals surface area contributed by atoms with E-state index in [1.165, 1.54) is 5.56 Å². The van der Waals surface area contributed by atoms with Crippen molar-refractivity contribution in [3.05, 3.63) is 48.0 Å². The lowest BCUT2D eigenvalue weighted by atomic mass is 10.1. The molecule has 72 valence electrons. The van der Waals surface area contributed by atoms with Crippen LogP contribution in [0.3, 0.4) is 0 Å². The minimum atomic E-state index is 0.312. The van der Waals surface area contributed by atoms with Crippen LogP contribution in [-0.4, -0.2) is 15.1 Å². The van der Waals surface area contributed by atoms with E-state index in [0.717, 1.165) is 18.7 Å². The standard InChI is InChI=1S/C11H12N2O/c14-10-4-1-9(2-5-10)3-6-11-12-7-8-13-11/h1-2,4-5,7-8,14H,3,6H2,(H,12,13). The predicted octanol–water partition coefficient (Wildman–Crippen LogP) is 1.90. The van der Waals surface area contributed by atoms with Crippen LogP contribution in [0.25, 0.3) is 0 Å². The lowest BCUT2D eigenvalue weighted by Crippen LogP contribution is -1.92. The molecule has 3 nitrogen and oxygen atoms in total. The maximum absolute atomic E-state index is 9.09. The average molecular weight is 188 g/mol. The van der Waals surface area contributed by atoms with Crippen LogP contribution in [0.1, 0.15) is 11.4 Å². The van der Waals surface area contributed by atoms with E-state index in [2.05, 4.69) is 9.97 Å². The van der Waals surface area contributed by atoms with Crippen molar-refractivity contribution in [2.45, 2.75) is 12.8 Å². The third-order valence-electron chi connectivity index (χ3n) is 2.14. The highest BCUT2D eigenvalue weighted by atomic mass is 16.3. The van der Waals surface area contributed by atoms with Crippen molar-refractivity contribution >= 4 is 0 Å². The van der Waals surface area contributed by atoms with E-state index >= 15 is 0 Å². The maximum Gasteiger partial charge on any atom is 0.115 e. The highest BCUT2D eigenvalue weighted by Gasteiger charge is 1.97. The molecule has 0 unspecified atom stereocenters. The number of imidazole rings is 1. The Bertz CT molecular complexity index is 378. The van der Waals surface area contributed by atoms with Crippen molar-refractivity contribution in [1.82, 2.24) is 9.97 Å². The molecule has 0 aliphatic rings. The summed E-state index contributed by atoms with van der Waals surface area (Å²) in [5.41, 5.74) is 1.21. The lowest BCUT2D eigenvalue weighted by Gasteiger charge is -1.99. The van der Waals surface area contributed by atoms with Crippen molar-refractivity contribution in [1.29, 1.82) is 0 Å². The fourth-order valence-electron chi connectivity index (χ4n) is 1.36. The summed E-state index contributed by atoms with van der Waals surface area (Å²) in [5, 5.41) is 9.09. The molecule has 0 saturated heterocycles. The number of nitrogens with one attached hydrogen (secondary N) is 1. The zero-order chi connectivity index (χ0) is 9.80. The normalized spacial score (nSPS) is 10.3. The van der Waals surface area contributed by atoms with Crippen molar-refractivity contribution in [3.63, 3.8) is 0 Å². The molecule has 0 aliphatic carbocycles. The molecule has 1 heterocycles. The Morgan fingerprint density at radius 2 is 1.93 bits per heavy atom. The Kier molecular flexibility index (Phi) is 2.49. The van der Waals surface area contributed by atoms with Crippen LogP contribution in [0.4, 0.5) is 0 Å². The van der Waals surface area contributed by atoms with E-state index in [1.54, 1.807) is 18.3 Å². The van der Waals surface area contributed by atoms with Crippen molar-refractivity contribution < 1.29 is 5.11 Å². The molecule has 0 saturated carbocycles. The largest absolute Gasteiger partial charge is 0.508 e. The summed E-state index contributed by atoms with van der Waals surface area (Å²) in [6, 6.07) is 7.27. The molecular formula is C11H12N2O. The molecule has 0 spiro atoms. The molecule has 2 rings (SSSR count). The van der Waals surface area contributed by atoms with Gasteiger partial charge in [-0.15, -0.1) is 0 Å². The minimum Gasteiger partial charge on any atom is -0.508 e. The van der Waals surface area contributed by atoms with E-state index < -0.39 is 0 Å². The second kappa shape index (κ2) is 3.96. The van der Waals surface area contributed by atoms with E-state index in [1.807, 2.05) is 18.3 Å². The average Bonchev–Trinajstić information content (AvgIpc) is 2.70. The van der Waals surface area contributed by atoms with Gasteiger partial charge >= 0.3 is 0 Å². The maximum atomic E-state index is 9.09. The molecule has 0 bridgehead atoms. The zero-order valence-electron chi connectivity index (χ0n) is 7.77. The Hall–Kier alpha value is -1.77. The molecule has 14 heavy (non-hydrogen) atoms. The second-order valence-corrected chi connectivity index (χ2v) is 3.20. The topological polar surface area (TPSA) is 48.9 Å². The smallest absolute Gasteiger partial charge is 0.115 e. The Labute approximate surface area is 82.4 Å². The quantitative estimate of drug-likeness (QED) is 0.772. The SMILES string of the molecule is Oc1ccc(CCc2ncc[nH]2)cc1. The first-order chi connectivity index (χ1) is 6.84. The number of nitrogens with zero attached hydrogens (tertiary/aromatic N) is 1. The first-order valence-electron chi connectivity index (χ1n) is 4.61. The van der Waals surface area contributed by atoms with Gasteiger partial charge in [-0.1, -0.05) is 12.1 Å². The number of rotatable bonds is 3. The van der Waals surface area contributed by atoms with Crippen LogP contribution in [0.15, 0.2) is 36.7 Å². The highest BCUT2D eigenvalue weighted by Crippen LogP contribution is 2.11. The third-order valence-corrected chi connectivity index (χ3v) is 2.14. The highest BCUT2D eigenvalue weighted by molar-refractivity contribution is 5.26. The molecule has 2 N–H and O–H groups in total. The van der Waals surface area contributed by atoms with Gasteiger partial charge in [0.2, 0.25) is 0 Å². The molecular weight excluding hydrogens is 176 g/mol. The second-order valence-electron chi connectivity index (χ2n) is 3.20. The van der Waals surface area contributed by atoms with Gasteiger partial charge in [0.1, 0.15) is 11.6 Å². The van der Waals surface area contributed by atoms with Gasteiger partial charge in [-0.25, -0.2) is 4.98 Å². The van der Waals surface area contributed by atoms with Crippen molar-refractivity contribution in [3.8, 4) is 5.75 Å². The first-order valence-corrected chi connectivity index (χ1v) is 4.61. The van der Waals surface area contributed by atoms with E-state index in [4.69, 9.17) is 5.11 Å². The minimum absolute atomic E-state index is 0.312. The number of hydrogen-bond acceptors (Lipinski definition) is 2. The molecule has 2 aromatic rings. The summed E-state index contributed by atoms with van der Waals surface area (Å²) in [4.78, 5) is 7.20. The van der Waals surface area contributed by atoms with Crippen LogP contribution in [0, 0.1) is 0 Å². The number of phenolic OH excluding ortho intramolecular Hbond substituents is 1. The summed E-state index contributed by atoms with van der Waals surface area (Å²) in [6.45, 7) is 0. The van der Waals surface area contributed by atoms with Gasteiger partial charge in [0.15, 0.2) is 0 Å².